The summed E-state index contributed by atoms with van der Waals surface area (Å²) in [5.41, 5.74) is 2.00. The quantitative estimate of drug-likeness (QED) is 0.562. The molecule has 0 saturated heterocycles. The number of benzene rings is 2. The molecule has 0 aliphatic carbocycles. The Hall–Kier alpha value is -1.98. The first-order chi connectivity index (χ1) is 13.8. The Balaban J connectivity index is 2.15. The molecule has 156 valence electrons. The van der Waals surface area contributed by atoms with Crippen molar-refractivity contribution in [2.45, 2.75) is 57.6 Å². The lowest BCUT2D eigenvalue weighted by Crippen LogP contribution is -2.50. The van der Waals surface area contributed by atoms with Gasteiger partial charge in [-0.2, -0.15) is 0 Å². The third-order valence-corrected chi connectivity index (χ3v) is 6.22. The molecular weight excluding hydrogens is 404 g/mol. The summed E-state index contributed by atoms with van der Waals surface area (Å²) < 4.78 is 0. The molecule has 0 aliphatic rings. The van der Waals surface area contributed by atoms with E-state index in [1.165, 1.54) is 17.3 Å². The van der Waals surface area contributed by atoms with Crippen LogP contribution in [0.5, 0.6) is 0 Å². The van der Waals surface area contributed by atoms with Crippen LogP contribution in [0.4, 0.5) is 0 Å². The molecule has 2 aromatic carbocycles. The van der Waals surface area contributed by atoms with Crippen molar-refractivity contribution in [1.29, 1.82) is 0 Å². The van der Waals surface area contributed by atoms with Gasteiger partial charge in [0.2, 0.25) is 11.8 Å². The second-order valence-corrected chi connectivity index (χ2v) is 8.66. The Morgan fingerprint density at radius 1 is 1.10 bits per heavy atom. The Morgan fingerprint density at radius 3 is 2.38 bits per heavy atom. The predicted molar refractivity (Wildman–Crippen MR) is 121 cm³/mol. The van der Waals surface area contributed by atoms with E-state index in [9.17, 15) is 9.59 Å². The molecule has 0 aromatic heterocycles. The van der Waals surface area contributed by atoms with Gasteiger partial charge >= 0.3 is 0 Å². The zero-order valence-electron chi connectivity index (χ0n) is 17.4. The summed E-state index contributed by atoms with van der Waals surface area (Å²) >= 11 is 7.78. The Bertz CT molecular complexity index is 826. The molecule has 0 saturated carbocycles. The molecular formula is C23H29ClN2O2S. The SMILES string of the molecule is CC[C@H](C)NC(=O)[C@H](C)N(Cc1ccccc1Cl)C(=O)CSc1ccc(C)cc1. The molecule has 0 bridgehead atoms. The van der Waals surface area contributed by atoms with E-state index in [1.807, 2.05) is 63.2 Å². The van der Waals surface area contributed by atoms with Crippen LogP contribution in [0.15, 0.2) is 53.4 Å². The van der Waals surface area contributed by atoms with Crippen molar-refractivity contribution >= 4 is 35.2 Å². The highest BCUT2D eigenvalue weighted by atomic mass is 35.5. The number of amides is 2. The third kappa shape index (κ3) is 7.09. The number of hydrogen-bond acceptors (Lipinski definition) is 3. The molecule has 2 aromatic rings. The van der Waals surface area contributed by atoms with Gasteiger partial charge in [0.15, 0.2) is 0 Å². The van der Waals surface area contributed by atoms with Gasteiger partial charge in [0.1, 0.15) is 6.04 Å². The summed E-state index contributed by atoms with van der Waals surface area (Å²) in [6.07, 6.45) is 0.834. The monoisotopic (exact) mass is 432 g/mol. The normalized spacial score (nSPS) is 12.9. The van der Waals surface area contributed by atoms with Gasteiger partial charge in [-0.1, -0.05) is 54.4 Å². The summed E-state index contributed by atoms with van der Waals surface area (Å²) in [5.74, 6) is 0.0106. The number of nitrogens with zero attached hydrogens (tertiary/aromatic N) is 1. The zero-order valence-corrected chi connectivity index (χ0v) is 19.0. The van der Waals surface area contributed by atoms with Gasteiger partial charge < -0.3 is 10.2 Å². The van der Waals surface area contributed by atoms with Crippen molar-refractivity contribution < 1.29 is 9.59 Å². The lowest BCUT2D eigenvalue weighted by atomic mass is 10.1. The van der Waals surface area contributed by atoms with Crippen molar-refractivity contribution in [2.24, 2.45) is 0 Å². The van der Waals surface area contributed by atoms with Gasteiger partial charge in [-0.05, 0) is 51.0 Å². The molecule has 2 rings (SSSR count). The van der Waals surface area contributed by atoms with E-state index in [0.29, 0.717) is 11.6 Å². The fourth-order valence-electron chi connectivity index (χ4n) is 2.72. The molecule has 0 fully saturated rings. The Morgan fingerprint density at radius 2 is 1.76 bits per heavy atom. The molecule has 6 heteroatoms. The standard InChI is InChI=1S/C23H29ClN2O2S/c1-5-17(3)25-23(28)18(4)26(14-19-8-6-7-9-21(19)24)22(27)15-29-20-12-10-16(2)11-13-20/h6-13,17-18H,5,14-15H2,1-4H3,(H,25,28)/t17-,18-/m0/s1. The Kier molecular flexibility index (Phi) is 9.05. The third-order valence-electron chi connectivity index (χ3n) is 4.85. The first-order valence-corrected chi connectivity index (χ1v) is 11.2. The Labute approximate surface area is 183 Å². The average Bonchev–Trinajstić information content (AvgIpc) is 2.71. The topological polar surface area (TPSA) is 49.4 Å². The first-order valence-electron chi connectivity index (χ1n) is 9.84. The van der Waals surface area contributed by atoms with Crippen LogP contribution in [0.1, 0.15) is 38.3 Å². The fourth-order valence-corrected chi connectivity index (χ4v) is 3.70. The van der Waals surface area contributed by atoms with E-state index in [2.05, 4.69) is 5.32 Å². The van der Waals surface area contributed by atoms with Gasteiger partial charge in [0.05, 0.1) is 5.75 Å². The van der Waals surface area contributed by atoms with E-state index >= 15 is 0 Å². The molecule has 4 nitrogen and oxygen atoms in total. The average molecular weight is 433 g/mol. The number of nitrogens with one attached hydrogen (secondary N) is 1. The highest BCUT2D eigenvalue weighted by molar-refractivity contribution is 8.00. The van der Waals surface area contributed by atoms with E-state index in [0.717, 1.165) is 16.9 Å². The maximum atomic E-state index is 13.1. The van der Waals surface area contributed by atoms with Crippen LogP contribution in [0.25, 0.3) is 0 Å². The zero-order chi connectivity index (χ0) is 21.4. The molecule has 0 unspecified atom stereocenters. The van der Waals surface area contributed by atoms with Crippen molar-refractivity contribution in [3.8, 4) is 0 Å². The fraction of sp³-hybridized carbons (Fsp3) is 0.391. The van der Waals surface area contributed by atoms with E-state index < -0.39 is 6.04 Å². The van der Waals surface area contributed by atoms with Crippen LogP contribution in [0.2, 0.25) is 5.02 Å². The first kappa shape index (κ1) is 23.3. The van der Waals surface area contributed by atoms with Gasteiger partial charge in [0.25, 0.3) is 0 Å². The van der Waals surface area contributed by atoms with Crippen molar-refractivity contribution in [3.63, 3.8) is 0 Å². The molecule has 0 heterocycles. The minimum atomic E-state index is -0.591. The van der Waals surface area contributed by atoms with Crippen LogP contribution in [-0.2, 0) is 16.1 Å². The van der Waals surface area contributed by atoms with Gasteiger partial charge in [-0.15, -0.1) is 11.8 Å². The summed E-state index contributed by atoms with van der Waals surface area (Å²) in [7, 11) is 0. The van der Waals surface area contributed by atoms with E-state index in [-0.39, 0.29) is 23.6 Å². The number of carbonyl (C=O) groups excluding carboxylic acids is 2. The van der Waals surface area contributed by atoms with Gasteiger partial charge in [0, 0.05) is 22.5 Å². The van der Waals surface area contributed by atoms with Crippen LogP contribution in [0.3, 0.4) is 0 Å². The minimum absolute atomic E-state index is 0.0594. The highest BCUT2D eigenvalue weighted by Crippen LogP contribution is 2.22. The number of hydrogen-bond donors (Lipinski definition) is 1. The summed E-state index contributed by atoms with van der Waals surface area (Å²) in [4.78, 5) is 28.4. The number of aryl methyl sites for hydroxylation is 1. The van der Waals surface area contributed by atoms with E-state index in [4.69, 9.17) is 11.6 Å². The van der Waals surface area contributed by atoms with Crippen LogP contribution in [0, 0.1) is 6.92 Å². The van der Waals surface area contributed by atoms with Crippen LogP contribution >= 0.6 is 23.4 Å². The van der Waals surface area contributed by atoms with Crippen molar-refractivity contribution in [2.75, 3.05) is 5.75 Å². The number of rotatable bonds is 9. The van der Waals surface area contributed by atoms with Crippen LogP contribution in [-0.4, -0.2) is 34.6 Å². The smallest absolute Gasteiger partial charge is 0.242 e. The molecule has 0 aliphatic heterocycles. The van der Waals surface area contributed by atoms with Crippen molar-refractivity contribution in [3.05, 3.63) is 64.7 Å². The lowest BCUT2D eigenvalue weighted by Gasteiger charge is -2.30. The molecule has 2 amide bonds. The van der Waals surface area contributed by atoms with Gasteiger partial charge in [-0.3, -0.25) is 9.59 Å². The largest absolute Gasteiger partial charge is 0.352 e. The van der Waals surface area contributed by atoms with Crippen LogP contribution < -0.4 is 5.32 Å². The minimum Gasteiger partial charge on any atom is -0.352 e. The van der Waals surface area contributed by atoms with E-state index in [1.54, 1.807) is 17.9 Å². The maximum absolute atomic E-state index is 13.1. The summed E-state index contributed by atoms with van der Waals surface area (Å²) in [6.45, 7) is 8.06. The molecule has 1 N–H and O–H groups in total. The maximum Gasteiger partial charge on any atom is 0.242 e. The highest BCUT2D eigenvalue weighted by Gasteiger charge is 2.27. The number of halogens is 1. The molecule has 0 spiro atoms. The lowest BCUT2D eigenvalue weighted by molar-refractivity contribution is -0.138. The molecule has 29 heavy (non-hydrogen) atoms. The van der Waals surface area contributed by atoms with Gasteiger partial charge in [-0.25, -0.2) is 0 Å². The number of thioether (sulfide) groups is 1. The second kappa shape index (κ2) is 11.3. The summed E-state index contributed by atoms with van der Waals surface area (Å²) in [5, 5.41) is 3.56. The van der Waals surface area contributed by atoms with Crippen molar-refractivity contribution in [1.82, 2.24) is 10.2 Å². The number of carbonyl (C=O) groups is 2. The molecule has 2 atom stereocenters. The molecule has 0 radical (unpaired) electrons. The predicted octanol–water partition coefficient (Wildman–Crippen LogP) is 5.07. The summed E-state index contributed by atoms with van der Waals surface area (Å²) in [6, 6.07) is 14.9. The second-order valence-electron chi connectivity index (χ2n) is 7.21.